The van der Waals surface area contributed by atoms with Gasteiger partial charge in [0.25, 0.3) is 0 Å². The molecular weight excluding hydrogens is 216 g/mol. The second kappa shape index (κ2) is 8.16. The zero-order valence-electron chi connectivity index (χ0n) is 12.6. The van der Waals surface area contributed by atoms with Crippen LogP contribution in [0.25, 0.3) is 0 Å². The van der Waals surface area contributed by atoms with Crippen LogP contribution in [0.4, 0.5) is 0 Å². The lowest BCUT2D eigenvalue weighted by Gasteiger charge is -1.99. The molecule has 1 saturated carbocycles. The molecule has 0 amide bonds. The maximum absolute atomic E-state index is 3.43. The van der Waals surface area contributed by atoms with Gasteiger partial charge in [0.1, 0.15) is 0 Å². The quantitative estimate of drug-likeness (QED) is 0.382. The van der Waals surface area contributed by atoms with Gasteiger partial charge in [-0.2, -0.15) is 0 Å². The van der Waals surface area contributed by atoms with Crippen molar-refractivity contribution in [1.29, 1.82) is 0 Å². The van der Waals surface area contributed by atoms with Crippen LogP contribution in [-0.2, 0) is 0 Å². The smallest absolute Gasteiger partial charge is 0.0157 e. The minimum Gasteiger partial charge on any atom is -0.126 e. The summed E-state index contributed by atoms with van der Waals surface area (Å²) in [5.41, 5.74) is 7.77. The molecule has 0 atom stereocenters. The molecule has 18 heavy (non-hydrogen) atoms. The van der Waals surface area contributed by atoms with Crippen molar-refractivity contribution < 1.29 is 0 Å². The molecule has 0 saturated heterocycles. The van der Waals surface area contributed by atoms with Crippen molar-refractivity contribution >= 4 is 0 Å². The summed E-state index contributed by atoms with van der Waals surface area (Å²) in [6.07, 6.45) is 14.4. The van der Waals surface area contributed by atoms with Gasteiger partial charge in [0, 0.05) is 0 Å². The molecule has 1 aliphatic carbocycles. The van der Waals surface area contributed by atoms with E-state index in [0.717, 1.165) is 18.8 Å². The summed E-state index contributed by atoms with van der Waals surface area (Å²) in [7, 11) is 0. The second-order valence-electron chi connectivity index (χ2n) is 5.84. The standard InChI is InChI=1S/C18H28/c1-15(2)7-5-8-16(3)9-6-10-17(4)11-12-18-13-14-18/h7,9,12,18H,5-6,8,10,13-14H2,1-4H3. The third kappa shape index (κ3) is 8.14. The Balaban J connectivity index is 2.21. The van der Waals surface area contributed by atoms with Gasteiger partial charge in [0.15, 0.2) is 0 Å². The minimum absolute atomic E-state index is 0.848. The van der Waals surface area contributed by atoms with E-state index in [2.05, 4.69) is 51.7 Å². The molecule has 0 aromatic carbocycles. The molecule has 1 aliphatic rings. The van der Waals surface area contributed by atoms with Gasteiger partial charge in [-0.25, -0.2) is 0 Å². The fraction of sp³-hybridized carbons (Fsp3) is 0.611. The highest BCUT2D eigenvalue weighted by atomic mass is 14.2. The van der Waals surface area contributed by atoms with Crippen molar-refractivity contribution in [3.63, 3.8) is 0 Å². The van der Waals surface area contributed by atoms with E-state index in [1.165, 1.54) is 42.4 Å². The third-order valence-corrected chi connectivity index (χ3v) is 3.29. The van der Waals surface area contributed by atoms with E-state index in [9.17, 15) is 0 Å². The Morgan fingerprint density at radius 1 is 1.00 bits per heavy atom. The predicted molar refractivity (Wildman–Crippen MR) is 81.7 cm³/mol. The lowest BCUT2D eigenvalue weighted by Crippen LogP contribution is -1.79. The first kappa shape index (κ1) is 15.1. The van der Waals surface area contributed by atoms with Crippen molar-refractivity contribution in [3.8, 4) is 0 Å². The summed E-state index contributed by atoms with van der Waals surface area (Å²) in [5.74, 6) is 0.848. The van der Waals surface area contributed by atoms with Crippen LogP contribution in [0.2, 0.25) is 0 Å². The van der Waals surface area contributed by atoms with E-state index in [1.54, 1.807) is 0 Å². The van der Waals surface area contributed by atoms with E-state index in [-0.39, 0.29) is 0 Å². The van der Waals surface area contributed by atoms with E-state index >= 15 is 0 Å². The van der Waals surface area contributed by atoms with E-state index < -0.39 is 0 Å². The maximum Gasteiger partial charge on any atom is -0.0157 e. The fourth-order valence-electron chi connectivity index (χ4n) is 1.82. The highest BCUT2D eigenvalue weighted by molar-refractivity contribution is 5.06. The predicted octanol–water partition coefficient (Wildman–Crippen LogP) is 5.97. The Morgan fingerprint density at radius 3 is 2.28 bits per heavy atom. The lowest BCUT2D eigenvalue weighted by atomic mass is 10.1. The largest absolute Gasteiger partial charge is 0.126 e. The summed E-state index contributed by atoms with van der Waals surface area (Å²) < 4.78 is 0. The minimum atomic E-state index is 0.848. The van der Waals surface area contributed by atoms with Gasteiger partial charge < -0.3 is 0 Å². The molecular formula is C18H28. The van der Waals surface area contributed by atoms with Crippen LogP contribution in [0, 0.1) is 5.92 Å². The van der Waals surface area contributed by atoms with Crippen molar-refractivity contribution in [2.45, 2.75) is 66.2 Å². The molecule has 0 aromatic heterocycles. The summed E-state index contributed by atoms with van der Waals surface area (Å²) >= 11 is 0. The van der Waals surface area contributed by atoms with Crippen molar-refractivity contribution in [2.24, 2.45) is 5.92 Å². The summed E-state index contributed by atoms with van der Waals surface area (Å²) in [6, 6.07) is 0. The monoisotopic (exact) mass is 244 g/mol. The molecule has 1 rings (SSSR count). The molecule has 0 heterocycles. The summed E-state index contributed by atoms with van der Waals surface area (Å²) in [5, 5.41) is 0. The molecule has 0 unspecified atom stereocenters. The number of allylic oxidation sites excluding steroid dienone is 5. The second-order valence-corrected chi connectivity index (χ2v) is 5.84. The van der Waals surface area contributed by atoms with Gasteiger partial charge in [-0.3, -0.25) is 0 Å². The van der Waals surface area contributed by atoms with Crippen molar-refractivity contribution in [3.05, 3.63) is 40.7 Å². The molecule has 0 N–H and O–H groups in total. The molecule has 1 fully saturated rings. The van der Waals surface area contributed by atoms with E-state index in [1.807, 2.05) is 0 Å². The van der Waals surface area contributed by atoms with Gasteiger partial charge in [-0.1, -0.05) is 23.3 Å². The average molecular weight is 244 g/mol. The Morgan fingerprint density at radius 2 is 1.67 bits per heavy atom. The SMILES string of the molecule is CC(=C=CC1CC1)CCC=C(C)CCC=C(C)C. The van der Waals surface area contributed by atoms with Gasteiger partial charge in [-0.05, 0) is 83.8 Å². The molecule has 0 nitrogen and oxygen atoms in total. The van der Waals surface area contributed by atoms with E-state index in [0.29, 0.717) is 0 Å². The van der Waals surface area contributed by atoms with Crippen molar-refractivity contribution in [1.82, 2.24) is 0 Å². The zero-order valence-corrected chi connectivity index (χ0v) is 12.6. The van der Waals surface area contributed by atoms with Crippen LogP contribution in [-0.4, -0.2) is 0 Å². The van der Waals surface area contributed by atoms with Crippen LogP contribution in [0.3, 0.4) is 0 Å². The highest BCUT2D eigenvalue weighted by Gasteiger charge is 2.16. The number of hydrogen-bond acceptors (Lipinski definition) is 0. The van der Waals surface area contributed by atoms with Gasteiger partial charge in [0.2, 0.25) is 0 Å². The Bertz CT molecular complexity index is 365. The first-order valence-corrected chi connectivity index (χ1v) is 7.29. The number of hydrogen-bond donors (Lipinski definition) is 0. The van der Waals surface area contributed by atoms with Crippen molar-refractivity contribution in [2.75, 3.05) is 0 Å². The molecule has 0 aliphatic heterocycles. The molecule has 0 aromatic rings. The van der Waals surface area contributed by atoms with Crippen LogP contribution >= 0.6 is 0 Å². The van der Waals surface area contributed by atoms with Crippen LogP contribution < -0.4 is 0 Å². The van der Waals surface area contributed by atoms with Crippen LogP contribution in [0.15, 0.2) is 40.7 Å². The Kier molecular flexibility index (Phi) is 6.83. The molecule has 0 radical (unpaired) electrons. The highest BCUT2D eigenvalue weighted by Crippen LogP contribution is 2.29. The Labute approximate surface area is 113 Å². The van der Waals surface area contributed by atoms with Crippen LogP contribution in [0.1, 0.15) is 66.2 Å². The molecule has 0 heteroatoms. The zero-order chi connectivity index (χ0) is 13.4. The van der Waals surface area contributed by atoms with Gasteiger partial charge >= 0.3 is 0 Å². The fourth-order valence-corrected chi connectivity index (χ4v) is 1.82. The molecule has 0 bridgehead atoms. The first-order valence-electron chi connectivity index (χ1n) is 7.29. The third-order valence-electron chi connectivity index (χ3n) is 3.29. The maximum atomic E-state index is 3.43. The van der Waals surface area contributed by atoms with E-state index in [4.69, 9.17) is 0 Å². The lowest BCUT2D eigenvalue weighted by molar-refractivity contribution is 0.918. The van der Waals surface area contributed by atoms with Gasteiger partial charge in [-0.15, -0.1) is 5.73 Å². The first-order chi connectivity index (χ1) is 8.58. The van der Waals surface area contributed by atoms with Crippen LogP contribution in [0.5, 0.6) is 0 Å². The molecule has 100 valence electrons. The summed E-state index contributed by atoms with van der Waals surface area (Å²) in [6.45, 7) is 8.78. The summed E-state index contributed by atoms with van der Waals surface area (Å²) in [4.78, 5) is 0. The van der Waals surface area contributed by atoms with Gasteiger partial charge in [0.05, 0.1) is 0 Å². The topological polar surface area (TPSA) is 0 Å². The normalized spacial score (nSPS) is 15.0. The number of rotatable bonds is 7. The molecule has 0 spiro atoms. The average Bonchev–Trinajstić information content (AvgIpc) is 3.09. The Hall–Kier alpha value is -1.00.